The van der Waals surface area contributed by atoms with Gasteiger partial charge in [-0.2, -0.15) is 0 Å². The zero-order valence-corrected chi connectivity index (χ0v) is 18.5. The molecule has 0 aliphatic heterocycles. The molecule has 2 aromatic heterocycles. The van der Waals surface area contributed by atoms with Crippen LogP contribution in [0.15, 0.2) is 84.3 Å². The lowest BCUT2D eigenvalue weighted by atomic mass is 10.2. The van der Waals surface area contributed by atoms with Gasteiger partial charge in [0.25, 0.3) is 5.69 Å². The molecule has 0 spiro atoms. The van der Waals surface area contributed by atoms with Crippen LogP contribution in [0.2, 0.25) is 0 Å². The molecular formula is C23H20N6O3S. The van der Waals surface area contributed by atoms with Gasteiger partial charge >= 0.3 is 0 Å². The van der Waals surface area contributed by atoms with Gasteiger partial charge in [0, 0.05) is 35.8 Å². The van der Waals surface area contributed by atoms with Crippen molar-refractivity contribution in [3.05, 3.63) is 94.8 Å². The standard InChI is InChI=1S/C23H20N6O3S/c1-16(22(30)25-19-9-11-20(12-10-19)29(31)32)33-23-27-26-21(18-8-5-13-24-14-18)28(23)15-17-6-3-2-4-7-17/h2-14,16H,15H2,1H3,(H,25,30). The number of carbonyl (C=O) groups excluding carboxylic acids is 1. The predicted octanol–water partition coefficient (Wildman–Crippen LogP) is 4.42. The number of anilines is 1. The second-order valence-electron chi connectivity index (χ2n) is 7.17. The van der Waals surface area contributed by atoms with Crippen LogP contribution in [0.1, 0.15) is 12.5 Å². The maximum absolute atomic E-state index is 12.7. The van der Waals surface area contributed by atoms with E-state index in [0.29, 0.717) is 23.2 Å². The quantitative estimate of drug-likeness (QED) is 0.235. The summed E-state index contributed by atoms with van der Waals surface area (Å²) < 4.78 is 1.96. The highest BCUT2D eigenvalue weighted by Gasteiger charge is 2.21. The van der Waals surface area contributed by atoms with E-state index < -0.39 is 10.2 Å². The van der Waals surface area contributed by atoms with Crippen LogP contribution in [-0.4, -0.2) is 35.8 Å². The number of amides is 1. The SMILES string of the molecule is CC(Sc1nnc(-c2cccnc2)n1Cc1ccccc1)C(=O)Nc1ccc([N+](=O)[O-])cc1. The number of thioether (sulfide) groups is 1. The first kappa shape index (κ1) is 22.2. The number of nitrogens with one attached hydrogen (secondary N) is 1. The average Bonchev–Trinajstić information content (AvgIpc) is 3.22. The zero-order valence-electron chi connectivity index (χ0n) is 17.7. The first-order valence-corrected chi connectivity index (χ1v) is 11.0. The van der Waals surface area contributed by atoms with E-state index in [9.17, 15) is 14.9 Å². The second kappa shape index (κ2) is 10.0. The average molecular weight is 461 g/mol. The Morgan fingerprint density at radius 2 is 1.85 bits per heavy atom. The molecule has 0 aliphatic rings. The molecule has 0 saturated carbocycles. The van der Waals surface area contributed by atoms with Gasteiger partial charge in [0.2, 0.25) is 5.91 Å². The minimum Gasteiger partial charge on any atom is -0.325 e. The number of benzene rings is 2. The van der Waals surface area contributed by atoms with E-state index in [2.05, 4.69) is 20.5 Å². The van der Waals surface area contributed by atoms with Crippen LogP contribution >= 0.6 is 11.8 Å². The highest BCUT2D eigenvalue weighted by Crippen LogP contribution is 2.28. The summed E-state index contributed by atoms with van der Waals surface area (Å²) in [6.45, 7) is 2.31. The van der Waals surface area contributed by atoms with Crippen LogP contribution in [0.3, 0.4) is 0 Å². The van der Waals surface area contributed by atoms with Gasteiger partial charge in [0.1, 0.15) is 0 Å². The van der Waals surface area contributed by atoms with E-state index in [0.717, 1.165) is 11.1 Å². The van der Waals surface area contributed by atoms with Crippen molar-refractivity contribution in [2.24, 2.45) is 0 Å². The van der Waals surface area contributed by atoms with Crippen molar-refractivity contribution in [2.45, 2.75) is 23.9 Å². The smallest absolute Gasteiger partial charge is 0.269 e. The summed E-state index contributed by atoms with van der Waals surface area (Å²) in [4.78, 5) is 27.3. The molecule has 33 heavy (non-hydrogen) atoms. The van der Waals surface area contributed by atoms with Crippen LogP contribution < -0.4 is 5.32 Å². The fourth-order valence-electron chi connectivity index (χ4n) is 3.11. The minimum atomic E-state index is -0.485. The summed E-state index contributed by atoms with van der Waals surface area (Å²) in [5, 5.41) is 22.4. The molecule has 0 fully saturated rings. The Kier molecular flexibility index (Phi) is 6.75. The van der Waals surface area contributed by atoms with Crippen molar-refractivity contribution < 1.29 is 9.72 Å². The number of rotatable bonds is 8. The number of hydrogen-bond donors (Lipinski definition) is 1. The molecule has 2 heterocycles. The summed E-state index contributed by atoms with van der Waals surface area (Å²) >= 11 is 1.29. The van der Waals surface area contributed by atoms with E-state index in [1.807, 2.05) is 47.0 Å². The highest BCUT2D eigenvalue weighted by molar-refractivity contribution is 8.00. The molecule has 4 aromatic rings. The van der Waals surface area contributed by atoms with Crippen LogP contribution in [0.4, 0.5) is 11.4 Å². The second-order valence-corrected chi connectivity index (χ2v) is 8.48. The summed E-state index contributed by atoms with van der Waals surface area (Å²) in [7, 11) is 0. The van der Waals surface area contributed by atoms with Crippen molar-refractivity contribution in [1.29, 1.82) is 0 Å². The Morgan fingerprint density at radius 1 is 1.09 bits per heavy atom. The maximum Gasteiger partial charge on any atom is 0.269 e. The Hall–Kier alpha value is -4.05. The van der Waals surface area contributed by atoms with E-state index in [4.69, 9.17) is 0 Å². The van der Waals surface area contributed by atoms with Gasteiger partial charge in [-0.1, -0.05) is 42.1 Å². The van der Waals surface area contributed by atoms with Gasteiger partial charge in [-0.05, 0) is 36.8 Å². The third kappa shape index (κ3) is 5.42. The van der Waals surface area contributed by atoms with Crippen LogP contribution in [0, 0.1) is 10.1 Å². The summed E-state index contributed by atoms with van der Waals surface area (Å²) in [5.74, 6) is 0.420. The van der Waals surface area contributed by atoms with Gasteiger partial charge in [-0.25, -0.2) is 0 Å². The van der Waals surface area contributed by atoms with Crippen molar-refractivity contribution >= 4 is 29.0 Å². The first-order valence-electron chi connectivity index (χ1n) is 10.1. The van der Waals surface area contributed by atoms with Crippen molar-refractivity contribution in [3.8, 4) is 11.4 Å². The highest BCUT2D eigenvalue weighted by atomic mass is 32.2. The number of nitrogens with zero attached hydrogens (tertiary/aromatic N) is 5. The summed E-state index contributed by atoms with van der Waals surface area (Å²) in [5.41, 5.74) is 2.36. The summed E-state index contributed by atoms with van der Waals surface area (Å²) in [6.07, 6.45) is 3.42. The number of hydrogen-bond acceptors (Lipinski definition) is 7. The molecule has 2 aromatic carbocycles. The van der Waals surface area contributed by atoms with Gasteiger partial charge in [-0.15, -0.1) is 10.2 Å². The monoisotopic (exact) mass is 460 g/mol. The topological polar surface area (TPSA) is 116 Å². The molecule has 166 valence electrons. The minimum absolute atomic E-state index is 0.0348. The number of pyridine rings is 1. The predicted molar refractivity (Wildman–Crippen MR) is 126 cm³/mol. The molecule has 1 N–H and O–H groups in total. The molecule has 10 heteroatoms. The fraction of sp³-hybridized carbons (Fsp3) is 0.130. The maximum atomic E-state index is 12.7. The number of carbonyl (C=O) groups is 1. The van der Waals surface area contributed by atoms with Crippen LogP contribution in [-0.2, 0) is 11.3 Å². The Morgan fingerprint density at radius 3 is 2.52 bits per heavy atom. The number of nitro groups is 1. The molecule has 0 radical (unpaired) electrons. The van der Waals surface area contributed by atoms with E-state index in [1.165, 1.54) is 36.0 Å². The van der Waals surface area contributed by atoms with E-state index in [-0.39, 0.29) is 11.6 Å². The third-order valence-electron chi connectivity index (χ3n) is 4.82. The van der Waals surface area contributed by atoms with Crippen molar-refractivity contribution in [3.63, 3.8) is 0 Å². The van der Waals surface area contributed by atoms with Crippen LogP contribution in [0.25, 0.3) is 11.4 Å². The van der Waals surface area contributed by atoms with Crippen molar-refractivity contribution in [2.75, 3.05) is 5.32 Å². The largest absolute Gasteiger partial charge is 0.325 e. The van der Waals surface area contributed by atoms with Crippen LogP contribution in [0.5, 0.6) is 0 Å². The van der Waals surface area contributed by atoms with Crippen molar-refractivity contribution in [1.82, 2.24) is 19.7 Å². The fourth-order valence-corrected chi connectivity index (χ4v) is 3.96. The lowest BCUT2D eigenvalue weighted by Gasteiger charge is -2.14. The molecule has 0 saturated heterocycles. The molecule has 1 unspecified atom stereocenters. The lowest BCUT2D eigenvalue weighted by Crippen LogP contribution is -2.23. The normalized spacial score (nSPS) is 11.7. The molecule has 4 rings (SSSR count). The number of non-ortho nitro benzene ring substituents is 1. The molecule has 1 amide bonds. The van der Waals surface area contributed by atoms with Gasteiger partial charge in [0.05, 0.1) is 16.7 Å². The molecule has 0 bridgehead atoms. The zero-order chi connectivity index (χ0) is 23.2. The Balaban J connectivity index is 1.54. The molecule has 1 atom stereocenters. The molecular weight excluding hydrogens is 440 g/mol. The van der Waals surface area contributed by atoms with Gasteiger partial charge in [0.15, 0.2) is 11.0 Å². The van der Waals surface area contributed by atoms with Gasteiger partial charge in [-0.3, -0.25) is 24.5 Å². The number of aromatic nitrogens is 4. The first-order chi connectivity index (χ1) is 16.0. The van der Waals surface area contributed by atoms with E-state index in [1.54, 1.807) is 19.3 Å². The summed E-state index contributed by atoms with van der Waals surface area (Å²) in [6, 6.07) is 19.4. The Bertz CT molecular complexity index is 1250. The molecule has 9 nitrogen and oxygen atoms in total. The Labute approximate surface area is 194 Å². The molecule has 0 aliphatic carbocycles. The lowest BCUT2D eigenvalue weighted by molar-refractivity contribution is -0.384. The third-order valence-corrected chi connectivity index (χ3v) is 5.90. The number of nitro benzene ring substituents is 1. The van der Waals surface area contributed by atoms with E-state index >= 15 is 0 Å². The van der Waals surface area contributed by atoms with Gasteiger partial charge < -0.3 is 5.32 Å².